The second-order valence-electron chi connectivity index (χ2n) is 4.62. The fourth-order valence-electron chi connectivity index (χ4n) is 2.58. The first kappa shape index (κ1) is 12.0. The number of hydrogen-bond donors (Lipinski definition) is 1. The second kappa shape index (κ2) is 5.24. The third-order valence-corrected chi connectivity index (χ3v) is 4.50. The third-order valence-electron chi connectivity index (χ3n) is 3.60. The van der Waals surface area contributed by atoms with Gasteiger partial charge in [0.25, 0.3) is 0 Å². The van der Waals surface area contributed by atoms with Gasteiger partial charge in [0.2, 0.25) is 0 Å². The lowest BCUT2D eigenvalue weighted by Crippen LogP contribution is -2.42. The molecule has 2 rings (SSSR count). The summed E-state index contributed by atoms with van der Waals surface area (Å²) in [4.78, 5) is 1.39. The Morgan fingerprint density at radius 1 is 1.25 bits per heavy atom. The normalized spacial score (nSPS) is 18.1. The number of likely N-dealkylation sites (N-methyl/N-ethyl adjacent to an activating group) is 1. The van der Waals surface area contributed by atoms with E-state index in [0.29, 0.717) is 5.41 Å². The molecule has 1 aromatic carbocycles. The van der Waals surface area contributed by atoms with Crippen LogP contribution < -0.4 is 5.32 Å². The average molecular weight is 235 g/mol. The molecule has 0 saturated heterocycles. The van der Waals surface area contributed by atoms with Gasteiger partial charge < -0.3 is 5.32 Å². The molecule has 16 heavy (non-hydrogen) atoms. The third kappa shape index (κ3) is 2.28. The van der Waals surface area contributed by atoms with Crippen LogP contribution in [0.15, 0.2) is 29.2 Å². The topological polar surface area (TPSA) is 12.0 Å². The molecule has 1 fully saturated rings. The van der Waals surface area contributed by atoms with Gasteiger partial charge in [-0.05, 0) is 43.3 Å². The lowest BCUT2D eigenvalue weighted by atomic mass is 9.64. The maximum Gasteiger partial charge on any atom is 0.00776 e. The highest BCUT2D eigenvalue weighted by Gasteiger charge is 2.37. The van der Waals surface area contributed by atoms with Crippen molar-refractivity contribution in [3.63, 3.8) is 0 Å². The van der Waals surface area contributed by atoms with E-state index in [2.05, 4.69) is 43.6 Å². The summed E-state index contributed by atoms with van der Waals surface area (Å²) in [5, 5.41) is 3.34. The van der Waals surface area contributed by atoms with Gasteiger partial charge in [-0.2, -0.15) is 0 Å². The molecule has 1 N–H and O–H groups in total. The fourth-order valence-corrected chi connectivity index (χ4v) is 3.24. The van der Waals surface area contributed by atoms with Crippen LogP contribution in [0.1, 0.15) is 31.7 Å². The van der Waals surface area contributed by atoms with Gasteiger partial charge in [0.05, 0.1) is 0 Å². The van der Waals surface area contributed by atoms with Crippen LogP contribution in [-0.4, -0.2) is 19.3 Å². The van der Waals surface area contributed by atoms with E-state index in [1.165, 1.54) is 29.7 Å². The van der Waals surface area contributed by atoms with Crippen molar-refractivity contribution < 1.29 is 0 Å². The Morgan fingerprint density at radius 3 is 2.38 bits per heavy atom. The van der Waals surface area contributed by atoms with Crippen LogP contribution in [0.4, 0.5) is 0 Å². The smallest absolute Gasteiger partial charge is 0.00776 e. The maximum atomic E-state index is 3.34. The molecular weight excluding hydrogens is 214 g/mol. The summed E-state index contributed by atoms with van der Waals surface area (Å²) in [6.07, 6.45) is 4.06. The molecule has 0 amide bonds. The quantitative estimate of drug-likeness (QED) is 0.785. The van der Waals surface area contributed by atoms with Crippen molar-refractivity contribution in [2.24, 2.45) is 0 Å². The molecule has 1 aromatic rings. The van der Waals surface area contributed by atoms with Crippen LogP contribution in [0.2, 0.25) is 0 Å². The van der Waals surface area contributed by atoms with E-state index in [1.807, 2.05) is 11.8 Å². The highest BCUT2D eigenvalue weighted by molar-refractivity contribution is 7.99. The van der Waals surface area contributed by atoms with Gasteiger partial charge in [0, 0.05) is 16.9 Å². The molecule has 2 heteroatoms. The fraction of sp³-hybridized carbons (Fsp3) is 0.571. The first-order valence-corrected chi connectivity index (χ1v) is 7.17. The molecule has 0 bridgehead atoms. The molecule has 1 aliphatic rings. The largest absolute Gasteiger partial charge is 0.319 e. The minimum Gasteiger partial charge on any atom is -0.319 e. The zero-order chi connectivity index (χ0) is 11.4. The minimum absolute atomic E-state index is 0.435. The van der Waals surface area contributed by atoms with Gasteiger partial charge in [0.1, 0.15) is 0 Å². The van der Waals surface area contributed by atoms with Crippen LogP contribution in [-0.2, 0) is 5.41 Å². The summed E-state index contributed by atoms with van der Waals surface area (Å²) < 4.78 is 0. The standard InChI is InChI=1S/C14H21NS/c1-3-16-13-7-5-12(6-8-13)14(11-15-2)9-4-10-14/h5-8,15H,3-4,9-11H2,1-2H3. The van der Waals surface area contributed by atoms with Crippen molar-refractivity contribution in [1.29, 1.82) is 0 Å². The molecule has 0 radical (unpaired) electrons. The van der Waals surface area contributed by atoms with E-state index < -0.39 is 0 Å². The average Bonchev–Trinajstić information content (AvgIpc) is 2.25. The minimum atomic E-state index is 0.435. The van der Waals surface area contributed by atoms with E-state index in [0.717, 1.165) is 12.3 Å². The van der Waals surface area contributed by atoms with Crippen LogP contribution in [0.3, 0.4) is 0 Å². The summed E-state index contributed by atoms with van der Waals surface area (Å²) in [7, 11) is 2.06. The van der Waals surface area contributed by atoms with Gasteiger partial charge in [-0.3, -0.25) is 0 Å². The number of thioether (sulfide) groups is 1. The van der Waals surface area contributed by atoms with Gasteiger partial charge in [-0.15, -0.1) is 11.8 Å². The molecule has 0 atom stereocenters. The van der Waals surface area contributed by atoms with Crippen molar-refractivity contribution in [3.05, 3.63) is 29.8 Å². The summed E-state index contributed by atoms with van der Waals surface area (Å²) in [6, 6.07) is 9.21. The van der Waals surface area contributed by atoms with E-state index in [9.17, 15) is 0 Å². The monoisotopic (exact) mass is 235 g/mol. The molecule has 1 saturated carbocycles. The van der Waals surface area contributed by atoms with Gasteiger partial charge in [-0.1, -0.05) is 25.5 Å². The molecule has 0 heterocycles. The van der Waals surface area contributed by atoms with Gasteiger partial charge in [-0.25, -0.2) is 0 Å². The lowest BCUT2D eigenvalue weighted by Gasteiger charge is -2.42. The Morgan fingerprint density at radius 2 is 1.94 bits per heavy atom. The zero-order valence-electron chi connectivity index (χ0n) is 10.3. The first-order chi connectivity index (χ1) is 7.80. The Balaban J connectivity index is 2.13. The number of benzene rings is 1. The highest BCUT2D eigenvalue weighted by atomic mass is 32.2. The first-order valence-electron chi connectivity index (χ1n) is 6.19. The van der Waals surface area contributed by atoms with E-state index >= 15 is 0 Å². The summed E-state index contributed by atoms with van der Waals surface area (Å²) in [5.74, 6) is 1.15. The Kier molecular flexibility index (Phi) is 3.93. The van der Waals surface area contributed by atoms with Crippen molar-refractivity contribution in [2.75, 3.05) is 19.3 Å². The Bertz CT molecular complexity index is 327. The summed E-state index contributed by atoms with van der Waals surface area (Å²) in [5.41, 5.74) is 1.96. The molecule has 88 valence electrons. The molecule has 1 aliphatic carbocycles. The van der Waals surface area contributed by atoms with E-state index in [1.54, 1.807) is 0 Å². The van der Waals surface area contributed by atoms with Crippen molar-refractivity contribution in [3.8, 4) is 0 Å². The Hall–Kier alpha value is -0.470. The van der Waals surface area contributed by atoms with Crippen molar-refractivity contribution >= 4 is 11.8 Å². The lowest BCUT2D eigenvalue weighted by molar-refractivity contribution is 0.239. The maximum absolute atomic E-state index is 3.34. The predicted octanol–water partition coefficient (Wildman–Crippen LogP) is 3.44. The van der Waals surface area contributed by atoms with Crippen molar-refractivity contribution in [1.82, 2.24) is 5.32 Å². The zero-order valence-corrected chi connectivity index (χ0v) is 11.1. The van der Waals surface area contributed by atoms with E-state index in [4.69, 9.17) is 0 Å². The second-order valence-corrected chi connectivity index (χ2v) is 5.96. The molecule has 0 aliphatic heterocycles. The van der Waals surface area contributed by atoms with Crippen molar-refractivity contribution in [2.45, 2.75) is 36.5 Å². The Labute approximate surface area is 103 Å². The van der Waals surface area contributed by atoms with Crippen LogP contribution >= 0.6 is 11.8 Å². The van der Waals surface area contributed by atoms with Crippen LogP contribution in [0.25, 0.3) is 0 Å². The summed E-state index contributed by atoms with van der Waals surface area (Å²) in [6.45, 7) is 3.32. The number of rotatable bonds is 5. The SMILES string of the molecule is CCSc1ccc(C2(CNC)CCC2)cc1. The van der Waals surface area contributed by atoms with Gasteiger partial charge in [0.15, 0.2) is 0 Å². The molecule has 1 nitrogen and oxygen atoms in total. The highest BCUT2D eigenvalue weighted by Crippen LogP contribution is 2.43. The molecule has 0 aromatic heterocycles. The number of hydrogen-bond acceptors (Lipinski definition) is 2. The van der Waals surface area contributed by atoms with E-state index in [-0.39, 0.29) is 0 Å². The predicted molar refractivity (Wildman–Crippen MR) is 72.3 cm³/mol. The molecular formula is C14H21NS. The number of nitrogens with one attached hydrogen (secondary N) is 1. The van der Waals surface area contributed by atoms with Crippen LogP contribution in [0.5, 0.6) is 0 Å². The van der Waals surface area contributed by atoms with Gasteiger partial charge >= 0.3 is 0 Å². The van der Waals surface area contributed by atoms with Crippen LogP contribution in [0, 0.1) is 0 Å². The summed E-state index contributed by atoms with van der Waals surface area (Å²) >= 11 is 1.92. The molecule has 0 unspecified atom stereocenters. The molecule has 0 spiro atoms.